The Labute approximate surface area is 123 Å². The van der Waals surface area contributed by atoms with Crippen molar-refractivity contribution < 1.29 is 4.79 Å². The zero-order valence-corrected chi connectivity index (χ0v) is 12.2. The minimum Gasteiger partial charge on any atom is -0.383 e. The number of nitrogens with two attached hydrogens (primary N) is 1. The van der Waals surface area contributed by atoms with Crippen LogP contribution in [-0.2, 0) is 4.79 Å². The molecule has 0 aromatic carbocycles. The molecular formula is C12H13BrN6O. The summed E-state index contributed by atoms with van der Waals surface area (Å²) in [4.78, 5) is 21.6. The van der Waals surface area contributed by atoms with Crippen LogP contribution in [0.2, 0.25) is 0 Å². The number of anilines is 1. The smallest absolute Gasteiger partial charge is 0.246 e. The molecule has 0 aliphatic carbocycles. The maximum absolute atomic E-state index is 11.6. The first-order valence-electron chi connectivity index (χ1n) is 6.17. The standard InChI is InChI=1S/C12H13BrN6O/c1-2-8(20)18-4-3-7(5-18)19-12-9(10(13)17-19)11(14)15-6-16-12/h2,6-7H,1,3-5H2,(H2,14,15,16). The topological polar surface area (TPSA) is 89.9 Å². The van der Waals surface area contributed by atoms with Gasteiger partial charge in [0, 0.05) is 13.1 Å². The third-order valence-electron chi connectivity index (χ3n) is 3.47. The van der Waals surface area contributed by atoms with Crippen LogP contribution in [0.1, 0.15) is 12.5 Å². The molecule has 1 amide bonds. The van der Waals surface area contributed by atoms with Crippen molar-refractivity contribution in [2.75, 3.05) is 18.8 Å². The van der Waals surface area contributed by atoms with Gasteiger partial charge < -0.3 is 10.6 Å². The van der Waals surface area contributed by atoms with Gasteiger partial charge in [0.25, 0.3) is 0 Å². The van der Waals surface area contributed by atoms with E-state index in [-0.39, 0.29) is 11.9 Å². The van der Waals surface area contributed by atoms with Crippen molar-refractivity contribution in [1.29, 1.82) is 0 Å². The Bertz CT molecular complexity index is 697. The summed E-state index contributed by atoms with van der Waals surface area (Å²) in [6.07, 6.45) is 3.58. The molecule has 7 nitrogen and oxygen atoms in total. The van der Waals surface area contributed by atoms with Gasteiger partial charge in [-0.2, -0.15) is 5.10 Å². The van der Waals surface area contributed by atoms with Gasteiger partial charge in [-0.15, -0.1) is 0 Å². The van der Waals surface area contributed by atoms with E-state index in [9.17, 15) is 4.79 Å². The highest BCUT2D eigenvalue weighted by molar-refractivity contribution is 9.10. The number of nitrogen functional groups attached to an aromatic ring is 1. The number of hydrogen-bond donors (Lipinski definition) is 1. The highest BCUT2D eigenvalue weighted by Crippen LogP contribution is 2.30. The van der Waals surface area contributed by atoms with Crippen molar-refractivity contribution in [3.8, 4) is 0 Å². The SMILES string of the molecule is C=CC(=O)N1CCC(n2nc(Br)c3c(N)ncnc32)C1. The number of rotatable bonds is 2. The number of carbonyl (C=O) groups excluding carboxylic acids is 1. The number of likely N-dealkylation sites (tertiary alicyclic amines) is 1. The molecule has 1 atom stereocenters. The second-order valence-electron chi connectivity index (χ2n) is 4.62. The predicted molar refractivity (Wildman–Crippen MR) is 77.9 cm³/mol. The van der Waals surface area contributed by atoms with Crippen LogP contribution < -0.4 is 5.73 Å². The van der Waals surface area contributed by atoms with Crippen LogP contribution in [0, 0.1) is 0 Å². The lowest BCUT2D eigenvalue weighted by molar-refractivity contribution is -0.125. The molecule has 0 radical (unpaired) electrons. The molecule has 1 aliphatic rings. The summed E-state index contributed by atoms with van der Waals surface area (Å²) >= 11 is 3.38. The molecule has 2 N–H and O–H groups in total. The van der Waals surface area contributed by atoms with E-state index in [2.05, 4.69) is 37.6 Å². The van der Waals surface area contributed by atoms with Gasteiger partial charge in [0.05, 0.1) is 11.4 Å². The third kappa shape index (κ3) is 1.96. The summed E-state index contributed by atoms with van der Waals surface area (Å²) in [5.41, 5.74) is 6.54. The fourth-order valence-electron chi connectivity index (χ4n) is 2.48. The predicted octanol–water partition coefficient (Wildman–Crippen LogP) is 1.13. The van der Waals surface area contributed by atoms with Crippen molar-refractivity contribution in [1.82, 2.24) is 24.6 Å². The number of aromatic nitrogens is 4. The van der Waals surface area contributed by atoms with Crippen LogP contribution in [0.3, 0.4) is 0 Å². The van der Waals surface area contributed by atoms with Crippen LogP contribution >= 0.6 is 15.9 Å². The summed E-state index contributed by atoms with van der Waals surface area (Å²) < 4.78 is 2.44. The normalized spacial score (nSPS) is 18.6. The minimum absolute atomic E-state index is 0.0582. The molecule has 1 saturated heterocycles. The molecule has 3 heterocycles. The molecule has 0 saturated carbocycles. The molecule has 0 bridgehead atoms. The Balaban J connectivity index is 1.98. The fourth-order valence-corrected chi connectivity index (χ4v) is 3.03. The van der Waals surface area contributed by atoms with Gasteiger partial charge in [-0.1, -0.05) is 6.58 Å². The lowest BCUT2D eigenvalue weighted by Gasteiger charge is -2.14. The van der Waals surface area contributed by atoms with Gasteiger partial charge in [0.15, 0.2) is 5.65 Å². The Morgan fingerprint density at radius 1 is 1.55 bits per heavy atom. The fraction of sp³-hybridized carbons (Fsp3) is 0.333. The van der Waals surface area contributed by atoms with E-state index in [1.165, 1.54) is 12.4 Å². The summed E-state index contributed by atoms with van der Waals surface area (Å²) in [6, 6.07) is 0.0852. The minimum atomic E-state index is -0.0582. The van der Waals surface area contributed by atoms with Gasteiger partial charge >= 0.3 is 0 Å². The average Bonchev–Trinajstić information content (AvgIpc) is 3.04. The summed E-state index contributed by atoms with van der Waals surface area (Å²) in [6.45, 7) is 4.80. The second kappa shape index (κ2) is 4.86. The van der Waals surface area contributed by atoms with E-state index >= 15 is 0 Å². The van der Waals surface area contributed by atoms with Crippen LogP contribution in [0.5, 0.6) is 0 Å². The third-order valence-corrected chi connectivity index (χ3v) is 4.03. The Morgan fingerprint density at radius 3 is 3.10 bits per heavy atom. The molecular weight excluding hydrogens is 324 g/mol. The van der Waals surface area contributed by atoms with Crippen LogP contribution in [0.15, 0.2) is 23.6 Å². The van der Waals surface area contributed by atoms with Gasteiger partial charge in [0.1, 0.15) is 16.7 Å². The zero-order chi connectivity index (χ0) is 14.3. The molecule has 104 valence electrons. The zero-order valence-electron chi connectivity index (χ0n) is 10.7. The first kappa shape index (κ1) is 13.0. The number of carbonyl (C=O) groups is 1. The molecule has 2 aromatic rings. The molecule has 3 rings (SSSR count). The van der Waals surface area contributed by atoms with E-state index in [0.29, 0.717) is 34.5 Å². The average molecular weight is 337 g/mol. The van der Waals surface area contributed by atoms with Crippen LogP contribution in [-0.4, -0.2) is 43.6 Å². The Hall–Kier alpha value is -1.96. The van der Waals surface area contributed by atoms with Gasteiger partial charge in [-0.05, 0) is 28.4 Å². The molecule has 0 spiro atoms. The van der Waals surface area contributed by atoms with Gasteiger partial charge in [-0.3, -0.25) is 4.79 Å². The van der Waals surface area contributed by atoms with Crippen molar-refractivity contribution in [2.45, 2.75) is 12.5 Å². The lowest BCUT2D eigenvalue weighted by atomic mass is 10.2. The van der Waals surface area contributed by atoms with Gasteiger partial charge in [0.2, 0.25) is 5.91 Å². The summed E-state index contributed by atoms with van der Waals surface area (Å²) in [5.74, 6) is 0.335. The Morgan fingerprint density at radius 2 is 2.35 bits per heavy atom. The van der Waals surface area contributed by atoms with Crippen molar-refractivity contribution in [3.63, 3.8) is 0 Å². The second-order valence-corrected chi connectivity index (χ2v) is 5.37. The van der Waals surface area contributed by atoms with Crippen molar-refractivity contribution >= 4 is 38.7 Å². The molecule has 1 fully saturated rings. The molecule has 2 aromatic heterocycles. The van der Waals surface area contributed by atoms with E-state index in [1.807, 2.05) is 4.68 Å². The van der Waals surface area contributed by atoms with Gasteiger partial charge in [-0.25, -0.2) is 14.6 Å². The number of amides is 1. The van der Waals surface area contributed by atoms with Crippen LogP contribution in [0.4, 0.5) is 5.82 Å². The number of hydrogen-bond acceptors (Lipinski definition) is 5. The molecule has 20 heavy (non-hydrogen) atoms. The van der Waals surface area contributed by atoms with Crippen molar-refractivity contribution in [2.24, 2.45) is 0 Å². The van der Waals surface area contributed by atoms with E-state index < -0.39 is 0 Å². The van der Waals surface area contributed by atoms with E-state index in [4.69, 9.17) is 5.73 Å². The summed E-state index contributed by atoms with van der Waals surface area (Å²) in [5, 5.41) is 5.15. The van der Waals surface area contributed by atoms with E-state index in [0.717, 1.165) is 6.42 Å². The maximum atomic E-state index is 11.6. The monoisotopic (exact) mass is 336 g/mol. The molecule has 1 unspecified atom stereocenters. The summed E-state index contributed by atoms with van der Waals surface area (Å²) in [7, 11) is 0. The molecule has 8 heteroatoms. The maximum Gasteiger partial charge on any atom is 0.246 e. The lowest BCUT2D eigenvalue weighted by Crippen LogP contribution is -2.27. The number of halogens is 1. The largest absolute Gasteiger partial charge is 0.383 e. The first-order chi connectivity index (χ1) is 9.61. The Kier molecular flexibility index (Phi) is 3.17. The highest BCUT2D eigenvalue weighted by Gasteiger charge is 2.29. The van der Waals surface area contributed by atoms with Crippen LogP contribution in [0.25, 0.3) is 11.0 Å². The highest BCUT2D eigenvalue weighted by atomic mass is 79.9. The molecule has 1 aliphatic heterocycles. The number of nitrogens with zero attached hydrogens (tertiary/aromatic N) is 5. The first-order valence-corrected chi connectivity index (χ1v) is 6.96. The van der Waals surface area contributed by atoms with Crippen molar-refractivity contribution in [3.05, 3.63) is 23.6 Å². The quantitative estimate of drug-likeness (QED) is 0.830. The van der Waals surface area contributed by atoms with E-state index in [1.54, 1.807) is 4.90 Å². The number of fused-ring (bicyclic) bond motifs is 1.